The van der Waals surface area contributed by atoms with Gasteiger partial charge in [0.2, 0.25) is 5.91 Å². The van der Waals surface area contributed by atoms with Crippen molar-refractivity contribution in [2.24, 2.45) is 11.7 Å². The number of amides is 2. The van der Waals surface area contributed by atoms with Gasteiger partial charge in [0, 0.05) is 22.7 Å². The van der Waals surface area contributed by atoms with Crippen molar-refractivity contribution in [1.29, 1.82) is 0 Å². The number of nitrogens with one attached hydrogen (secondary N) is 2. The minimum Gasteiger partial charge on any atom is -0.352 e. The molecule has 0 spiro atoms. The molecule has 1 aromatic rings. The summed E-state index contributed by atoms with van der Waals surface area (Å²) in [5, 5.41) is 6.52. The Morgan fingerprint density at radius 3 is 2.27 bits per heavy atom. The first-order valence-corrected chi connectivity index (χ1v) is 9.35. The SMILES string of the molecule is CC(C)CC(NC(=O)c1ccc(Cl)cc1)C(=O)NC1CCC(N)CC1.Cl. The van der Waals surface area contributed by atoms with E-state index in [4.69, 9.17) is 17.3 Å². The first-order valence-electron chi connectivity index (χ1n) is 8.97. The maximum atomic E-state index is 12.7. The van der Waals surface area contributed by atoms with Crippen molar-refractivity contribution >= 4 is 35.8 Å². The summed E-state index contributed by atoms with van der Waals surface area (Å²) in [4.78, 5) is 25.1. The third-order valence-corrected chi connectivity index (χ3v) is 4.81. The van der Waals surface area contributed by atoms with Crippen LogP contribution in [0, 0.1) is 5.92 Å². The van der Waals surface area contributed by atoms with Crippen LogP contribution in [-0.4, -0.2) is 29.9 Å². The van der Waals surface area contributed by atoms with Crippen molar-refractivity contribution in [2.45, 2.75) is 64.1 Å². The predicted octanol–water partition coefficient (Wildman–Crippen LogP) is 3.29. The third-order valence-electron chi connectivity index (χ3n) is 4.55. The molecule has 2 amide bonds. The maximum Gasteiger partial charge on any atom is 0.251 e. The van der Waals surface area contributed by atoms with Crippen molar-refractivity contribution in [2.75, 3.05) is 0 Å². The van der Waals surface area contributed by atoms with E-state index < -0.39 is 6.04 Å². The lowest BCUT2D eigenvalue weighted by Crippen LogP contribution is -2.51. The van der Waals surface area contributed by atoms with Crippen LogP contribution in [0.3, 0.4) is 0 Å². The summed E-state index contributed by atoms with van der Waals surface area (Å²) in [6.07, 6.45) is 4.24. The van der Waals surface area contributed by atoms with E-state index in [0.717, 1.165) is 25.7 Å². The second-order valence-corrected chi connectivity index (χ2v) is 7.72. The van der Waals surface area contributed by atoms with Crippen LogP contribution < -0.4 is 16.4 Å². The number of nitrogens with two attached hydrogens (primary N) is 1. The molecule has 1 aromatic carbocycles. The molecular weight excluding hydrogens is 373 g/mol. The number of carbonyl (C=O) groups excluding carboxylic acids is 2. The van der Waals surface area contributed by atoms with Gasteiger partial charge in [-0.05, 0) is 62.3 Å². The van der Waals surface area contributed by atoms with Gasteiger partial charge in [-0.1, -0.05) is 25.4 Å². The molecule has 0 heterocycles. The monoisotopic (exact) mass is 401 g/mol. The predicted molar refractivity (Wildman–Crippen MR) is 108 cm³/mol. The van der Waals surface area contributed by atoms with Crippen LogP contribution in [-0.2, 0) is 4.79 Å². The Kier molecular flexibility index (Phi) is 9.41. The molecule has 4 N–H and O–H groups in total. The van der Waals surface area contributed by atoms with Gasteiger partial charge in [-0.25, -0.2) is 0 Å². The maximum absolute atomic E-state index is 12.7. The lowest BCUT2D eigenvalue weighted by atomic mass is 9.91. The average molecular weight is 402 g/mol. The van der Waals surface area contributed by atoms with Gasteiger partial charge in [0.1, 0.15) is 6.04 Å². The minimum absolute atomic E-state index is 0. The first-order chi connectivity index (χ1) is 11.8. The molecule has 7 heteroatoms. The van der Waals surface area contributed by atoms with Crippen LogP contribution in [0.4, 0.5) is 0 Å². The molecule has 1 saturated carbocycles. The largest absolute Gasteiger partial charge is 0.352 e. The summed E-state index contributed by atoms with van der Waals surface area (Å²) in [5.74, 6) is -0.0827. The average Bonchev–Trinajstić information content (AvgIpc) is 2.56. The Hall–Kier alpha value is -1.30. The Morgan fingerprint density at radius 2 is 1.73 bits per heavy atom. The molecule has 0 aliphatic heterocycles. The molecule has 0 radical (unpaired) electrons. The fourth-order valence-electron chi connectivity index (χ4n) is 3.11. The van der Waals surface area contributed by atoms with E-state index in [1.807, 2.05) is 13.8 Å². The molecule has 26 heavy (non-hydrogen) atoms. The van der Waals surface area contributed by atoms with Crippen LogP contribution in [0.25, 0.3) is 0 Å². The number of rotatable bonds is 6. The van der Waals surface area contributed by atoms with E-state index in [2.05, 4.69) is 10.6 Å². The quantitative estimate of drug-likeness (QED) is 0.683. The van der Waals surface area contributed by atoms with E-state index >= 15 is 0 Å². The van der Waals surface area contributed by atoms with E-state index in [-0.39, 0.29) is 36.3 Å². The molecule has 1 fully saturated rings. The number of benzene rings is 1. The summed E-state index contributed by atoms with van der Waals surface area (Å²) < 4.78 is 0. The molecule has 5 nitrogen and oxygen atoms in total. The zero-order valence-corrected chi connectivity index (χ0v) is 16.9. The second-order valence-electron chi connectivity index (χ2n) is 7.28. The topological polar surface area (TPSA) is 84.2 Å². The molecule has 1 atom stereocenters. The Labute approximate surface area is 166 Å². The van der Waals surface area contributed by atoms with E-state index in [0.29, 0.717) is 22.9 Å². The van der Waals surface area contributed by atoms with Crippen LogP contribution in [0.2, 0.25) is 5.02 Å². The summed E-state index contributed by atoms with van der Waals surface area (Å²) >= 11 is 5.86. The van der Waals surface area contributed by atoms with Crippen molar-refractivity contribution < 1.29 is 9.59 Å². The third kappa shape index (κ3) is 7.14. The number of hydrogen-bond donors (Lipinski definition) is 3. The normalized spacial score (nSPS) is 20.8. The molecule has 2 rings (SSSR count). The molecular formula is C19H29Cl2N3O2. The lowest BCUT2D eigenvalue weighted by molar-refractivity contribution is -0.124. The van der Waals surface area contributed by atoms with Crippen molar-refractivity contribution in [1.82, 2.24) is 10.6 Å². The molecule has 1 unspecified atom stereocenters. The highest BCUT2D eigenvalue weighted by Crippen LogP contribution is 2.17. The zero-order valence-electron chi connectivity index (χ0n) is 15.3. The highest BCUT2D eigenvalue weighted by Gasteiger charge is 2.26. The van der Waals surface area contributed by atoms with Crippen LogP contribution in [0.15, 0.2) is 24.3 Å². The second kappa shape index (κ2) is 10.8. The van der Waals surface area contributed by atoms with Gasteiger partial charge in [-0.2, -0.15) is 0 Å². The van der Waals surface area contributed by atoms with Gasteiger partial charge in [0.25, 0.3) is 5.91 Å². The summed E-state index contributed by atoms with van der Waals surface area (Å²) in [7, 11) is 0. The van der Waals surface area contributed by atoms with Crippen molar-refractivity contribution in [3.05, 3.63) is 34.9 Å². The molecule has 146 valence electrons. The Balaban J connectivity index is 0.00000338. The number of halogens is 2. The van der Waals surface area contributed by atoms with Crippen LogP contribution >= 0.6 is 24.0 Å². The van der Waals surface area contributed by atoms with E-state index in [1.54, 1.807) is 24.3 Å². The number of carbonyl (C=O) groups is 2. The summed E-state index contributed by atoms with van der Waals surface area (Å²) in [6, 6.07) is 6.49. The van der Waals surface area contributed by atoms with Crippen molar-refractivity contribution in [3.63, 3.8) is 0 Å². The molecule has 1 aliphatic carbocycles. The van der Waals surface area contributed by atoms with Crippen molar-refractivity contribution in [3.8, 4) is 0 Å². The zero-order chi connectivity index (χ0) is 18.4. The highest BCUT2D eigenvalue weighted by molar-refractivity contribution is 6.30. The lowest BCUT2D eigenvalue weighted by Gasteiger charge is -2.29. The van der Waals surface area contributed by atoms with Crippen LogP contribution in [0.5, 0.6) is 0 Å². The molecule has 0 aromatic heterocycles. The standard InChI is InChI=1S/C19H28ClN3O2.ClH/c1-12(2)11-17(19(25)22-16-9-7-15(21)8-10-16)23-18(24)13-3-5-14(20)6-4-13;/h3-6,12,15-17H,7-11,21H2,1-2H3,(H,22,25)(H,23,24);1H. The molecule has 1 aliphatic rings. The number of hydrogen-bond acceptors (Lipinski definition) is 3. The van der Waals surface area contributed by atoms with Gasteiger partial charge in [0.05, 0.1) is 0 Å². The Bertz CT molecular complexity index is 585. The summed E-state index contributed by atoms with van der Waals surface area (Å²) in [5.41, 5.74) is 6.41. The van der Waals surface area contributed by atoms with Gasteiger partial charge >= 0.3 is 0 Å². The fraction of sp³-hybridized carbons (Fsp3) is 0.579. The van der Waals surface area contributed by atoms with Gasteiger partial charge in [-0.3, -0.25) is 9.59 Å². The minimum atomic E-state index is -0.543. The highest BCUT2D eigenvalue weighted by atomic mass is 35.5. The summed E-state index contributed by atoms with van der Waals surface area (Å²) in [6.45, 7) is 4.07. The van der Waals surface area contributed by atoms with Crippen LogP contribution in [0.1, 0.15) is 56.3 Å². The van der Waals surface area contributed by atoms with Gasteiger partial charge in [-0.15, -0.1) is 12.4 Å². The fourth-order valence-corrected chi connectivity index (χ4v) is 3.24. The Morgan fingerprint density at radius 1 is 1.15 bits per heavy atom. The van der Waals surface area contributed by atoms with E-state index in [9.17, 15) is 9.59 Å². The van der Waals surface area contributed by atoms with Gasteiger partial charge < -0.3 is 16.4 Å². The molecule has 0 saturated heterocycles. The van der Waals surface area contributed by atoms with Gasteiger partial charge in [0.15, 0.2) is 0 Å². The smallest absolute Gasteiger partial charge is 0.251 e. The first kappa shape index (κ1) is 22.7. The van der Waals surface area contributed by atoms with E-state index in [1.165, 1.54) is 0 Å². The molecule has 0 bridgehead atoms.